The van der Waals surface area contributed by atoms with Gasteiger partial charge in [0.1, 0.15) is 5.75 Å². The van der Waals surface area contributed by atoms with Crippen molar-refractivity contribution in [3.8, 4) is 5.75 Å². The zero-order valence-electron chi connectivity index (χ0n) is 9.62. The molecule has 0 radical (unpaired) electrons. The number of unbranched alkanes of at least 4 members (excludes halogenated alkanes) is 1. The molecule has 1 nitrogen and oxygen atoms in total. The van der Waals surface area contributed by atoms with Crippen molar-refractivity contribution in [2.45, 2.75) is 32.6 Å². The van der Waals surface area contributed by atoms with Crippen LogP contribution in [-0.4, -0.2) is 12.9 Å². The monoisotopic (exact) mass is 224 g/mol. The Morgan fingerprint density at radius 1 is 1.27 bits per heavy atom. The third kappa shape index (κ3) is 3.78. The third-order valence-electron chi connectivity index (χ3n) is 2.60. The van der Waals surface area contributed by atoms with Gasteiger partial charge in [-0.1, -0.05) is 19.1 Å². The van der Waals surface area contributed by atoms with E-state index in [1.165, 1.54) is 24.0 Å². The van der Waals surface area contributed by atoms with E-state index in [4.69, 9.17) is 4.74 Å². The Hall–Kier alpha value is -0.630. The summed E-state index contributed by atoms with van der Waals surface area (Å²) in [7, 11) is 1.73. The van der Waals surface area contributed by atoms with Crippen molar-refractivity contribution in [2.24, 2.45) is 0 Å². The molecule has 0 atom stereocenters. The minimum atomic E-state index is 0.983. The van der Waals surface area contributed by atoms with E-state index in [1.807, 2.05) is 0 Å². The van der Waals surface area contributed by atoms with Crippen molar-refractivity contribution in [1.29, 1.82) is 0 Å². The highest BCUT2D eigenvalue weighted by Crippen LogP contribution is 2.21. The first kappa shape index (κ1) is 12.4. The smallest absolute Gasteiger partial charge is 0.122 e. The van der Waals surface area contributed by atoms with Gasteiger partial charge in [0.05, 0.1) is 7.11 Å². The molecule has 0 N–H and O–H groups in total. The van der Waals surface area contributed by atoms with Gasteiger partial charge in [0.25, 0.3) is 0 Å². The molecule has 0 heterocycles. The number of benzene rings is 1. The van der Waals surface area contributed by atoms with Gasteiger partial charge in [0, 0.05) is 0 Å². The van der Waals surface area contributed by atoms with Crippen molar-refractivity contribution < 1.29 is 4.74 Å². The Bertz CT molecular complexity index is 297. The van der Waals surface area contributed by atoms with Crippen LogP contribution in [0.15, 0.2) is 18.2 Å². The van der Waals surface area contributed by atoms with Crippen LogP contribution in [0.2, 0.25) is 0 Å². The second-order valence-corrected chi connectivity index (χ2v) is 4.13. The Labute approximate surface area is 98.3 Å². The minimum absolute atomic E-state index is 0.983. The summed E-state index contributed by atoms with van der Waals surface area (Å²) in [5.41, 5.74) is 2.72. The molecule has 0 aliphatic carbocycles. The first-order chi connectivity index (χ1) is 7.31. The van der Waals surface area contributed by atoms with Gasteiger partial charge in [-0.2, -0.15) is 12.6 Å². The molecule has 84 valence electrons. The fraction of sp³-hybridized carbons (Fsp3) is 0.538. The summed E-state index contributed by atoms with van der Waals surface area (Å²) >= 11 is 4.22. The Morgan fingerprint density at radius 3 is 2.67 bits per heavy atom. The second kappa shape index (κ2) is 6.78. The summed E-state index contributed by atoms with van der Waals surface area (Å²) in [5, 5.41) is 0. The van der Waals surface area contributed by atoms with E-state index in [1.54, 1.807) is 7.11 Å². The van der Waals surface area contributed by atoms with Gasteiger partial charge in [-0.25, -0.2) is 0 Å². The number of thiol groups is 1. The molecule has 1 rings (SSSR count). The number of aryl methyl sites for hydroxylation is 2. The van der Waals surface area contributed by atoms with E-state index in [-0.39, 0.29) is 0 Å². The molecule has 0 unspecified atom stereocenters. The van der Waals surface area contributed by atoms with Crippen LogP contribution in [0.1, 0.15) is 30.9 Å². The highest BCUT2D eigenvalue weighted by atomic mass is 32.1. The van der Waals surface area contributed by atoms with Crippen LogP contribution in [0.5, 0.6) is 5.75 Å². The lowest BCUT2D eigenvalue weighted by Gasteiger charge is -2.09. The second-order valence-electron chi connectivity index (χ2n) is 3.68. The standard InChI is InChI=1S/C13H20OS/c1-3-12-10-11(6-4-5-9-15)7-8-13(12)14-2/h7-8,10,15H,3-6,9H2,1-2H3. The summed E-state index contributed by atoms with van der Waals surface area (Å²) in [6.07, 6.45) is 4.59. The predicted octanol–water partition coefficient (Wildman–Crippen LogP) is 3.51. The van der Waals surface area contributed by atoms with Gasteiger partial charge in [-0.3, -0.25) is 0 Å². The first-order valence-electron chi connectivity index (χ1n) is 5.58. The molecule has 15 heavy (non-hydrogen) atoms. The van der Waals surface area contributed by atoms with Crippen LogP contribution < -0.4 is 4.74 Å². The molecule has 2 heteroatoms. The van der Waals surface area contributed by atoms with Crippen molar-refractivity contribution >= 4 is 12.6 Å². The van der Waals surface area contributed by atoms with Crippen LogP contribution in [0.3, 0.4) is 0 Å². The first-order valence-corrected chi connectivity index (χ1v) is 6.21. The molecule has 1 aromatic rings. The lowest BCUT2D eigenvalue weighted by Crippen LogP contribution is -1.93. The van der Waals surface area contributed by atoms with E-state index in [9.17, 15) is 0 Å². The van der Waals surface area contributed by atoms with Gasteiger partial charge >= 0.3 is 0 Å². The van der Waals surface area contributed by atoms with E-state index < -0.39 is 0 Å². The maximum Gasteiger partial charge on any atom is 0.122 e. The quantitative estimate of drug-likeness (QED) is 0.574. The van der Waals surface area contributed by atoms with Gasteiger partial charge in [-0.05, 0) is 48.6 Å². The number of hydrogen-bond acceptors (Lipinski definition) is 2. The van der Waals surface area contributed by atoms with Gasteiger partial charge in [-0.15, -0.1) is 0 Å². The SMILES string of the molecule is CCc1cc(CCCCS)ccc1OC. The van der Waals surface area contributed by atoms with Crippen LogP contribution in [0.4, 0.5) is 0 Å². The molecular weight excluding hydrogens is 204 g/mol. The van der Waals surface area contributed by atoms with E-state index in [0.29, 0.717) is 0 Å². The molecule has 0 bridgehead atoms. The molecule has 0 aliphatic heterocycles. The van der Waals surface area contributed by atoms with E-state index in [2.05, 4.69) is 37.8 Å². The summed E-state index contributed by atoms with van der Waals surface area (Å²) in [4.78, 5) is 0. The van der Waals surface area contributed by atoms with Crippen LogP contribution in [0.25, 0.3) is 0 Å². The van der Waals surface area contributed by atoms with Crippen molar-refractivity contribution in [1.82, 2.24) is 0 Å². The Morgan fingerprint density at radius 2 is 2.07 bits per heavy atom. The summed E-state index contributed by atoms with van der Waals surface area (Å²) in [6, 6.07) is 6.50. The average Bonchev–Trinajstić information content (AvgIpc) is 2.29. The predicted molar refractivity (Wildman–Crippen MR) is 69.2 cm³/mol. The summed E-state index contributed by atoms with van der Waals surface area (Å²) < 4.78 is 5.30. The topological polar surface area (TPSA) is 9.23 Å². The van der Waals surface area contributed by atoms with Crippen LogP contribution >= 0.6 is 12.6 Å². The van der Waals surface area contributed by atoms with E-state index in [0.717, 1.165) is 24.3 Å². The van der Waals surface area contributed by atoms with Crippen molar-refractivity contribution in [3.63, 3.8) is 0 Å². The average molecular weight is 224 g/mol. The van der Waals surface area contributed by atoms with Crippen LogP contribution in [-0.2, 0) is 12.8 Å². The Kier molecular flexibility index (Phi) is 5.62. The molecule has 0 amide bonds. The molecule has 0 spiro atoms. The number of rotatable bonds is 6. The molecule has 0 fully saturated rings. The van der Waals surface area contributed by atoms with Gasteiger partial charge in [0.15, 0.2) is 0 Å². The zero-order valence-corrected chi connectivity index (χ0v) is 10.5. The summed E-state index contributed by atoms with van der Waals surface area (Å²) in [6.45, 7) is 2.16. The molecule has 0 aromatic heterocycles. The number of hydrogen-bond donors (Lipinski definition) is 1. The number of ether oxygens (including phenoxy) is 1. The lowest BCUT2D eigenvalue weighted by molar-refractivity contribution is 0.410. The number of methoxy groups -OCH3 is 1. The van der Waals surface area contributed by atoms with Crippen molar-refractivity contribution in [3.05, 3.63) is 29.3 Å². The minimum Gasteiger partial charge on any atom is -0.496 e. The highest BCUT2D eigenvalue weighted by molar-refractivity contribution is 7.80. The normalized spacial score (nSPS) is 10.3. The largest absolute Gasteiger partial charge is 0.496 e. The highest BCUT2D eigenvalue weighted by Gasteiger charge is 2.02. The fourth-order valence-corrected chi connectivity index (χ4v) is 1.93. The fourth-order valence-electron chi connectivity index (χ4n) is 1.70. The maximum absolute atomic E-state index is 5.30. The van der Waals surface area contributed by atoms with E-state index >= 15 is 0 Å². The Balaban J connectivity index is 2.66. The van der Waals surface area contributed by atoms with Crippen molar-refractivity contribution in [2.75, 3.05) is 12.9 Å². The molecule has 0 aliphatic rings. The van der Waals surface area contributed by atoms with Gasteiger partial charge < -0.3 is 4.74 Å². The lowest BCUT2D eigenvalue weighted by atomic mass is 10.0. The molecular formula is C13H20OS. The van der Waals surface area contributed by atoms with Gasteiger partial charge in [0.2, 0.25) is 0 Å². The summed E-state index contributed by atoms with van der Waals surface area (Å²) in [5.74, 6) is 1.99. The molecule has 0 saturated carbocycles. The maximum atomic E-state index is 5.30. The zero-order chi connectivity index (χ0) is 11.1. The molecule has 0 saturated heterocycles. The third-order valence-corrected chi connectivity index (χ3v) is 2.92. The molecule has 1 aromatic carbocycles. The van der Waals surface area contributed by atoms with Crippen LogP contribution in [0, 0.1) is 0 Å².